The van der Waals surface area contributed by atoms with Gasteiger partial charge in [0.1, 0.15) is 11.5 Å². The Labute approximate surface area is 236 Å². The lowest BCUT2D eigenvalue weighted by Crippen LogP contribution is -2.37. The van der Waals surface area contributed by atoms with Crippen LogP contribution in [0.25, 0.3) is 0 Å². The Bertz CT molecular complexity index is 1480. The molecular formula is C30H27ClN4O5. The predicted octanol–water partition coefficient (Wildman–Crippen LogP) is 7.21. The van der Waals surface area contributed by atoms with E-state index >= 15 is 0 Å². The molecule has 0 saturated carbocycles. The van der Waals surface area contributed by atoms with Crippen LogP contribution in [0.3, 0.4) is 0 Å². The van der Waals surface area contributed by atoms with Crippen molar-refractivity contribution in [2.24, 2.45) is 0 Å². The first-order valence-electron chi connectivity index (χ1n) is 12.5. The van der Waals surface area contributed by atoms with Gasteiger partial charge in [0.25, 0.3) is 11.6 Å². The molecule has 0 atom stereocenters. The summed E-state index contributed by atoms with van der Waals surface area (Å²) in [5.74, 6) is 0.886. The molecule has 4 rings (SSSR count). The minimum Gasteiger partial charge on any atom is -0.457 e. The number of para-hydroxylation sites is 1. The number of anilines is 2. The molecule has 0 aliphatic carbocycles. The number of rotatable bonds is 10. The summed E-state index contributed by atoms with van der Waals surface area (Å²) in [6, 6.07) is 27.2. The van der Waals surface area contributed by atoms with Crippen LogP contribution in [-0.4, -0.2) is 30.0 Å². The van der Waals surface area contributed by atoms with Gasteiger partial charge < -0.3 is 15.4 Å². The zero-order chi connectivity index (χ0) is 28.5. The van der Waals surface area contributed by atoms with Gasteiger partial charge in [0.15, 0.2) is 0 Å². The van der Waals surface area contributed by atoms with E-state index in [0.717, 1.165) is 0 Å². The number of benzene rings is 4. The molecule has 0 heterocycles. The Hall–Kier alpha value is -4.89. The molecule has 204 valence electrons. The van der Waals surface area contributed by atoms with Gasteiger partial charge in [-0.2, -0.15) is 0 Å². The highest BCUT2D eigenvalue weighted by atomic mass is 35.5. The van der Waals surface area contributed by atoms with Crippen LogP contribution >= 0.6 is 11.6 Å². The maximum absolute atomic E-state index is 13.3. The molecule has 0 saturated heterocycles. The van der Waals surface area contributed by atoms with E-state index in [1.165, 1.54) is 6.07 Å². The van der Waals surface area contributed by atoms with E-state index in [1.54, 1.807) is 72.5 Å². The number of nitro benzene ring substituents is 1. The fourth-order valence-electron chi connectivity index (χ4n) is 3.88. The third-order valence-electron chi connectivity index (χ3n) is 5.98. The maximum Gasteiger partial charge on any atom is 0.326 e. The standard InChI is InChI=1S/C30H27ClN4O5/c1-21-8-9-22(20-28(21)35(38)39)29(36)32-18-5-19-34(30(37)33-24-12-10-23(31)11-13-24)25-14-16-27(17-15-25)40-26-6-3-2-4-7-26/h2-4,6-17,20H,5,18-19H2,1H3,(H,32,36)(H,33,37). The largest absolute Gasteiger partial charge is 0.457 e. The topological polar surface area (TPSA) is 114 Å². The van der Waals surface area contributed by atoms with E-state index in [1.807, 2.05) is 30.3 Å². The molecule has 0 fully saturated rings. The minimum atomic E-state index is -0.514. The number of ether oxygens (including phenoxy) is 1. The lowest BCUT2D eigenvalue weighted by molar-refractivity contribution is -0.385. The number of urea groups is 1. The first-order valence-corrected chi connectivity index (χ1v) is 12.9. The van der Waals surface area contributed by atoms with Gasteiger partial charge in [-0.25, -0.2) is 4.79 Å². The smallest absolute Gasteiger partial charge is 0.326 e. The molecule has 0 aliphatic rings. The highest BCUT2D eigenvalue weighted by Gasteiger charge is 2.18. The van der Waals surface area contributed by atoms with Crippen LogP contribution in [0.4, 0.5) is 21.9 Å². The number of nitro groups is 1. The Morgan fingerprint density at radius 3 is 2.27 bits per heavy atom. The zero-order valence-corrected chi connectivity index (χ0v) is 22.4. The van der Waals surface area contributed by atoms with Crippen molar-refractivity contribution in [3.63, 3.8) is 0 Å². The highest BCUT2D eigenvalue weighted by molar-refractivity contribution is 6.30. The summed E-state index contributed by atoms with van der Waals surface area (Å²) >= 11 is 5.96. The Morgan fingerprint density at radius 2 is 1.60 bits per heavy atom. The summed E-state index contributed by atoms with van der Waals surface area (Å²) in [7, 11) is 0. The second kappa shape index (κ2) is 13.3. The number of halogens is 1. The van der Waals surface area contributed by atoms with Crippen molar-refractivity contribution >= 4 is 40.6 Å². The molecule has 0 unspecified atom stereocenters. The third-order valence-corrected chi connectivity index (χ3v) is 6.23. The van der Waals surface area contributed by atoms with Gasteiger partial charge >= 0.3 is 6.03 Å². The molecule has 4 aromatic rings. The SMILES string of the molecule is Cc1ccc(C(=O)NCCCN(C(=O)Nc2ccc(Cl)cc2)c2ccc(Oc3ccccc3)cc2)cc1[N+](=O)[O-]. The van der Waals surface area contributed by atoms with Gasteiger partial charge in [-0.05, 0) is 80.1 Å². The second-order valence-corrected chi connectivity index (χ2v) is 9.30. The van der Waals surface area contributed by atoms with E-state index in [0.29, 0.717) is 39.9 Å². The summed E-state index contributed by atoms with van der Waals surface area (Å²) in [5, 5.41) is 17.4. The molecule has 40 heavy (non-hydrogen) atoms. The van der Waals surface area contributed by atoms with Gasteiger partial charge in [0, 0.05) is 46.7 Å². The van der Waals surface area contributed by atoms with Crippen molar-refractivity contribution in [3.8, 4) is 11.5 Å². The molecule has 0 bridgehead atoms. The first-order chi connectivity index (χ1) is 19.3. The Kier molecular flexibility index (Phi) is 9.32. The Balaban J connectivity index is 1.42. The molecule has 3 amide bonds. The summed E-state index contributed by atoms with van der Waals surface area (Å²) < 4.78 is 5.86. The van der Waals surface area contributed by atoms with Crippen molar-refractivity contribution in [2.45, 2.75) is 13.3 Å². The maximum atomic E-state index is 13.3. The zero-order valence-electron chi connectivity index (χ0n) is 21.7. The van der Waals surface area contributed by atoms with E-state index < -0.39 is 10.8 Å². The quantitative estimate of drug-likeness (QED) is 0.121. The molecule has 10 heteroatoms. The average molecular weight is 559 g/mol. The van der Waals surface area contributed by atoms with E-state index in [2.05, 4.69) is 10.6 Å². The lowest BCUT2D eigenvalue weighted by atomic mass is 10.1. The summed E-state index contributed by atoms with van der Waals surface area (Å²) in [6.07, 6.45) is 0.427. The van der Waals surface area contributed by atoms with Gasteiger partial charge in [0.2, 0.25) is 0 Å². The van der Waals surface area contributed by atoms with Crippen molar-refractivity contribution in [3.05, 3.63) is 123 Å². The third kappa shape index (κ3) is 7.58. The van der Waals surface area contributed by atoms with Gasteiger partial charge in [-0.1, -0.05) is 35.9 Å². The molecule has 0 spiro atoms. The fraction of sp³-hybridized carbons (Fsp3) is 0.133. The molecule has 0 aromatic heterocycles. The van der Waals surface area contributed by atoms with Crippen LogP contribution in [-0.2, 0) is 0 Å². The second-order valence-electron chi connectivity index (χ2n) is 8.87. The summed E-state index contributed by atoms with van der Waals surface area (Å²) in [4.78, 5) is 38.1. The van der Waals surface area contributed by atoms with E-state index in [9.17, 15) is 19.7 Å². The van der Waals surface area contributed by atoms with Crippen molar-refractivity contribution < 1.29 is 19.2 Å². The van der Waals surface area contributed by atoms with Crippen molar-refractivity contribution in [1.82, 2.24) is 5.32 Å². The van der Waals surface area contributed by atoms with Crippen LogP contribution in [0.2, 0.25) is 5.02 Å². The summed E-state index contributed by atoms with van der Waals surface area (Å²) in [6.45, 7) is 2.15. The van der Waals surface area contributed by atoms with Crippen molar-refractivity contribution in [1.29, 1.82) is 0 Å². The number of hydrogen-bond acceptors (Lipinski definition) is 5. The number of aryl methyl sites for hydroxylation is 1. The van der Waals surface area contributed by atoms with Crippen LogP contribution in [0.15, 0.2) is 97.1 Å². The predicted molar refractivity (Wildman–Crippen MR) is 156 cm³/mol. The van der Waals surface area contributed by atoms with Crippen molar-refractivity contribution in [2.75, 3.05) is 23.3 Å². The van der Waals surface area contributed by atoms with Gasteiger partial charge in [0.05, 0.1) is 4.92 Å². The van der Waals surface area contributed by atoms with Gasteiger partial charge in [-0.15, -0.1) is 0 Å². The Morgan fingerprint density at radius 1 is 0.925 bits per heavy atom. The number of carbonyl (C=O) groups is 2. The minimum absolute atomic E-state index is 0.114. The molecular weight excluding hydrogens is 532 g/mol. The van der Waals surface area contributed by atoms with Crippen LogP contribution in [0, 0.1) is 17.0 Å². The fourth-order valence-corrected chi connectivity index (χ4v) is 4.01. The van der Waals surface area contributed by atoms with Crippen LogP contribution in [0.1, 0.15) is 22.3 Å². The molecule has 0 radical (unpaired) electrons. The summed E-state index contributed by atoms with van der Waals surface area (Å²) in [5.41, 5.74) is 1.77. The number of hydrogen-bond donors (Lipinski definition) is 2. The average Bonchev–Trinajstić information content (AvgIpc) is 2.95. The molecule has 2 N–H and O–H groups in total. The van der Waals surface area contributed by atoms with E-state index in [-0.39, 0.29) is 30.4 Å². The number of nitrogens with one attached hydrogen (secondary N) is 2. The monoisotopic (exact) mass is 558 g/mol. The van der Waals surface area contributed by atoms with E-state index in [4.69, 9.17) is 16.3 Å². The number of carbonyl (C=O) groups excluding carboxylic acids is 2. The molecule has 0 aliphatic heterocycles. The number of amides is 3. The molecule has 9 nitrogen and oxygen atoms in total. The van der Waals surface area contributed by atoms with Crippen LogP contribution in [0.5, 0.6) is 11.5 Å². The van der Waals surface area contributed by atoms with Gasteiger partial charge in [-0.3, -0.25) is 19.8 Å². The lowest BCUT2D eigenvalue weighted by Gasteiger charge is -2.24. The molecule has 4 aromatic carbocycles. The number of nitrogens with zero attached hydrogens (tertiary/aromatic N) is 2. The highest BCUT2D eigenvalue weighted by Crippen LogP contribution is 2.25. The first kappa shape index (κ1) is 28.1. The normalized spacial score (nSPS) is 10.4. The van der Waals surface area contributed by atoms with Crippen LogP contribution < -0.4 is 20.3 Å².